The van der Waals surface area contributed by atoms with Gasteiger partial charge in [0, 0.05) is 31.1 Å². The minimum atomic E-state index is -3.63. The third-order valence-corrected chi connectivity index (χ3v) is 9.94. The molecule has 7 heteroatoms. The molecule has 3 atom stereocenters. The van der Waals surface area contributed by atoms with E-state index in [0.717, 1.165) is 41.6 Å². The minimum Gasteiger partial charge on any atom is -0.395 e. The molecule has 0 bridgehead atoms. The van der Waals surface area contributed by atoms with Gasteiger partial charge in [-0.25, -0.2) is 12.8 Å². The van der Waals surface area contributed by atoms with Crippen molar-refractivity contribution in [2.75, 3.05) is 26.2 Å². The number of fused-ring (bicyclic) bond motifs is 1. The van der Waals surface area contributed by atoms with Crippen LogP contribution in [0, 0.1) is 19.7 Å². The number of rotatable bonds is 5. The van der Waals surface area contributed by atoms with Gasteiger partial charge in [0.1, 0.15) is 5.82 Å². The number of benzene rings is 3. The molecular weight excluding hydrogens is 475 g/mol. The van der Waals surface area contributed by atoms with Crippen molar-refractivity contribution in [3.8, 4) is 11.1 Å². The van der Waals surface area contributed by atoms with Gasteiger partial charge in [0.05, 0.1) is 11.5 Å². The van der Waals surface area contributed by atoms with Gasteiger partial charge in [-0.05, 0) is 73.2 Å². The van der Waals surface area contributed by atoms with Gasteiger partial charge in [-0.3, -0.25) is 4.90 Å². The van der Waals surface area contributed by atoms with E-state index in [2.05, 4.69) is 4.90 Å². The summed E-state index contributed by atoms with van der Waals surface area (Å²) in [5.74, 6) is -0.207. The Hall–Kier alpha value is -2.58. The van der Waals surface area contributed by atoms with Crippen molar-refractivity contribution in [2.45, 2.75) is 49.6 Å². The van der Waals surface area contributed by atoms with Gasteiger partial charge >= 0.3 is 0 Å². The van der Waals surface area contributed by atoms with Gasteiger partial charge in [-0.1, -0.05) is 54.6 Å². The second-order valence-electron chi connectivity index (χ2n) is 9.95. The van der Waals surface area contributed by atoms with Crippen molar-refractivity contribution in [3.63, 3.8) is 0 Å². The first kappa shape index (κ1) is 25.1. The fourth-order valence-electron chi connectivity index (χ4n) is 5.92. The van der Waals surface area contributed by atoms with Gasteiger partial charge in [-0.15, -0.1) is 0 Å². The van der Waals surface area contributed by atoms with Crippen LogP contribution < -0.4 is 0 Å². The Balaban J connectivity index is 1.44. The Morgan fingerprint density at radius 1 is 0.944 bits per heavy atom. The SMILES string of the molecule is Cc1ccccc1S(=O)(=O)N1CCCCN2C(CO)[C@@H](c3ccc(-c4cccc(F)c4C)cc3)[C@@H]2C1. The second-order valence-corrected chi connectivity index (χ2v) is 11.9. The third-order valence-electron chi connectivity index (χ3n) is 7.92. The van der Waals surface area contributed by atoms with Gasteiger partial charge in [0.25, 0.3) is 0 Å². The molecule has 2 aliphatic heterocycles. The summed E-state index contributed by atoms with van der Waals surface area (Å²) in [6, 6.07) is 20.3. The normalized spacial score (nSPS) is 23.4. The molecule has 36 heavy (non-hydrogen) atoms. The van der Waals surface area contributed by atoms with Crippen LogP contribution in [-0.2, 0) is 10.0 Å². The van der Waals surface area contributed by atoms with Crippen LogP contribution in [0.15, 0.2) is 71.6 Å². The molecule has 0 amide bonds. The molecule has 0 aromatic heterocycles. The molecule has 0 radical (unpaired) electrons. The quantitative estimate of drug-likeness (QED) is 0.542. The number of nitrogens with zero attached hydrogens (tertiary/aromatic N) is 2. The van der Waals surface area contributed by atoms with Gasteiger partial charge in [0.2, 0.25) is 10.0 Å². The molecule has 2 saturated heterocycles. The van der Waals surface area contributed by atoms with Crippen LogP contribution in [-0.4, -0.2) is 61.1 Å². The van der Waals surface area contributed by atoms with E-state index in [1.807, 2.05) is 49.4 Å². The Morgan fingerprint density at radius 2 is 1.67 bits per heavy atom. The molecule has 5 rings (SSSR count). The first-order chi connectivity index (χ1) is 17.3. The third kappa shape index (κ3) is 4.39. The van der Waals surface area contributed by atoms with E-state index in [-0.39, 0.29) is 30.4 Å². The Bertz CT molecular complexity index is 1340. The molecule has 0 saturated carbocycles. The molecule has 2 aliphatic rings. The zero-order valence-corrected chi connectivity index (χ0v) is 21.6. The van der Waals surface area contributed by atoms with Crippen LogP contribution in [0.1, 0.15) is 35.4 Å². The maximum atomic E-state index is 14.1. The maximum absolute atomic E-state index is 14.1. The molecule has 3 aromatic carbocycles. The molecule has 0 spiro atoms. The number of halogens is 1. The second kappa shape index (κ2) is 10.1. The summed E-state index contributed by atoms with van der Waals surface area (Å²) in [5.41, 5.74) is 4.23. The van der Waals surface area contributed by atoms with E-state index in [1.165, 1.54) is 6.07 Å². The molecule has 2 heterocycles. The molecule has 190 valence electrons. The summed E-state index contributed by atoms with van der Waals surface area (Å²) in [6.45, 7) is 5.38. The lowest BCUT2D eigenvalue weighted by atomic mass is 9.74. The summed E-state index contributed by atoms with van der Waals surface area (Å²) < 4.78 is 43.0. The number of aryl methyl sites for hydroxylation is 1. The Kier molecular flexibility index (Phi) is 7.01. The average Bonchev–Trinajstić information content (AvgIpc) is 2.85. The highest BCUT2D eigenvalue weighted by Gasteiger charge is 2.50. The van der Waals surface area contributed by atoms with Crippen LogP contribution in [0.25, 0.3) is 11.1 Å². The van der Waals surface area contributed by atoms with Crippen molar-refractivity contribution < 1.29 is 17.9 Å². The molecule has 0 aliphatic carbocycles. The standard InChI is InChI=1S/C29H33FN2O3S/c1-20-8-3-4-11-28(20)36(34,35)31-16-5-6-17-32-26(18-31)29(27(32)19-33)23-14-12-22(13-15-23)24-9-7-10-25(30)21(24)2/h3-4,7-15,26-27,29,33H,5-6,16-19H2,1-2H3/t26-,27?,29-/m0/s1. The van der Waals surface area contributed by atoms with Gasteiger partial charge in [-0.2, -0.15) is 4.31 Å². The topological polar surface area (TPSA) is 60.9 Å². The van der Waals surface area contributed by atoms with Crippen LogP contribution in [0.3, 0.4) is 0 Å². The summed E-state index contributed by atoms with van der Waals surface area (Å²) >= 11 is 0. The highest BCUT2D eigenvalue weighted by Crippen LogP contribution is 2.43. The molecule has 2 fully saturated rings. The lowest BCUT2D eigenvalue weighted by Gasteiger charge is -2.57. The van der Waals surface area contributed by atoms with E-state index >= 15 is 0 Å². The lowest BCUT2D eigenvalue weighted by Crippen LogP contribution is -2.67. The van der Waals surface area contributed by atoms with Crippen LogP contribution >= 0.6 is 0 Å². The number of hydrogen-bond donors (Lipinski definition) is 1. The van der Waals surface area contributed by atoms with E-state index in [1.54, 1.807) is 29.4 Å². The molecule has 1 unspecified atom stereocenters. The van der Waals surface area contributed by atoms with Crippen molar-refractivity contribution in [1.82, 2.24) is 9.21 Å². The summed E-state index contributed by atoms with van der Waals surface area (Å²) in [7, 11) is -3.63. The Morgan fingerprint density at radius 3 is 2.39 bits per heavy atom. The van der Waals surface area contributed by atoms with Gasteiger partial charge < -0.3 is 5.11 Å². The fraction of sp³-hybridized carbons (Fsp3) is 0.379. The first-order valence-electron chi connectivity index (χ1n) is 12.6. The van der Waals surface area contributed by atoms with Crippen molar-refractivity contribution in [2.24, 2.45) is 0 Å². The highest BCUT2D eigenvalue weighted by atomic mass is 32.2. The van der Waals surface area contributed by atoms with Crippen LogP contribution in [0.4, 0.5) is 4.39 Å². The van der Waals surface area contributed by atoms with Crippen LogP contribution in [0.5, 0.6) is 0 Å². The van der Waals surface area contributed by atoms with E-state index in [9.17, 15) is 17.9 Å². The molecule has 3 aromatic rings. The zero-order chi connectivity index (χ0) is 25.4. The van der Waals surface area contributed by atoms with Gasteiger partial charge in [0.15, 0.2) is 0 Å². The molecule has 5 nitrogen and oxygen atoms in total. The number of hydrogen-bond acceptors (Lipinski definition) is 4. The van der Waals surface area contributed by atoms with E-state index in [4.69, 9.17) is 0 Å². The van der Waals surface area contributed by atoms with E-state index in [0.29, 0.717) is 23.5 Å². The van der Waals surface area contributed by atoms with Crippen molar-refractivity contribution in [3.05, 3.63) is 89.2 Å². The lowest BCUT2D eigenvalue weighted by molar-refractivity contribution is -0.0553. The molecule has 1 N–H and O–H groups in total. The number of sulfonamides is 1. The fourth-order valence-corrected chi connectivity index (χ4v) is 7.64. The van der Waals surface area contributed by atoms with Crippen LogP contribution in [0.2, 0.25) is 0 Å². The number of aliphatic hydroxyl groups excluding tert-OH is 1. The largest absolute Gasteiger partial charge is 0.395 e. The first-order valence-corrected chi connectivity index (χ1v) is 14.0. The predicted octanol–water partition coefficient (Wildman–Crippen LogP) is 4.72. The van der Waals surface area contributed by atoms with Crippen molar-refractivity contribution >= 4 is 10.0 Å². The number of aliphatic hydroxyl groups is 1. The van der Waals surface area contributed by atoms with Crippen molar-refractivity contribution in [1.29, 1.82) is 0 Å². The smallest absolute Gasteiger partial charge is 0.243 e. The maximum Gasteiger partial charge on any atom is 0.243 e. The average molecular weight is 509 g/mol. The Labute approximate surface area is 213 Å². The minimum absolute atomic E-state index is 0.0111. The monoisotopic (exact) mass is 508 g/mol. The predicted molar refractivity (Wildman–Crippen MR) is 140 cm³/mol. The molecular formula is C29H33FN2O3S. The highest BCUT2D eigenvalue weighted by molar-refractivity contribution is 7.89. The summed E-state index contributed by atoms with van der Waals surface area (Å²) in [4.78, 5) is 2.64. The summed E-state index contributed by atoms with van der Waals surface area (Å²) in [6.07, 6.45) is 1.68. The summed E-state index contributed by atoms with van der Waals surface area (Å²) in [5, 5.41) is 10.2. The zero-order valence-electron chi connectivity index (χ0n) is 20.8. The van der Waals surface area contributed by atoms with E-state index < -0.39 is 10.0 Å².